The third kappa shape index (κ3) is 2.01. The molecule has 0 amide bonds. The third-order valence-electron chi connectivity index (χ3n) is 3.91. The lowest BCUT2D eigenvalue weighted by atomic mass is 9.99. The number of carbonyl (C=O) groups excluding carboxylic acids is 1. The van der Waals surface area contributed by atoms with Crippen molar-refractivity contribution in [2.24, 2.45) is 0 Å². The Bertz CT molecular complexity index is 899. The van der Waals surface area contributed by atoms with E-state index in [4.69, 9.17) is 0 Å². The number of fused-ring (bicyclic) bond motifs is 1. The Morgan fingerprint density at radius 3 is 2.50 bits per heavy atom. The largest absolute Gasteiger partial charge is 0.309 e. The standard InChI is InChI=1S/C19H16N2O/c1-3-17(22)19-18(14-9-5-4-6-10-14)15(12-20)16-11-7-8-13(2)21(16)19/h4-11H,3H2,1-2H3. The summed E-state index contributed by atoms with van der Waals surface area (Å²) in [6.45, 7) is 3.80. The Morgan fingerprint density at radius 2 is 1.86 bits per heavy atom. The minimum Gasteiger partial charge on any atom is -0.309 e. The molecule has 0 radical (unpaired) electrons. The molecule has 0 fully saturated rings. The Kier molecular flexibility index (Phi) is 3.52. The number of hydrogen-bond donors (Lipinski definition) is 0. The minimum absolute atomic E-state index is 0.0460. The van der Waals surface area contributed by atoms with Gasteiger partial charge in [0.05, 0.1) is 16.8 Å². The summed E-state index contributed by atoms with van der Waals surface area (Å²) in [6.07, 6.45) is 0.408. The van der Waals surface area contributed by atoms with Gasteiger partial charge in [-0.3, -0.25) is 4.79 Å². The summed E-state index contributed by atoms with van der Waals surface area (Å²) in [7, 11) is 0. The highest BCUT2D eigenvalue weighted by molar-refractivity contribution is 6.05. The van der Waals surface area contributed by atoms with Crippen molar-refractivity contribution < 1.29 is 4.79 Å². The van der Waals surface area contributed by atoms with Gasteiger partial charge in [-0.1, -0.05) is 43.3 Å². The zero-order valence-electron chi connectivity index (χ0n) is 12.6. The fourth-order valence-electron chi connectivity index (χ4n) is 2.90. The SMILES string of the molecule is CCC(=O)c1c(-c2ccccc2)c(C#N)c2cccc(C)n12. The molecule has 3 heteroatoms. The summed E-state index contributed by atoms with van der Waals surface area (Å²) in [5, 5.41) is 9.66. The van der Waals surface area contributed by atoms with Gasteiger partial charge in [0.25, 0.3) is 0 Å². The number of carbonyl (C=O) groups is 1. The van der Waals surface area contributed by atoms with Gasteiger partial charge in [0.1, 0.15) is 6.07 Å². The minimum atomic E-state index is 0.0460. The van der Waals surface area contributed by atoms with E-state index >= 15 is 0 Å². The van der Waals surface area contributed by atoms with Crippen molar-refractivity contribution in [3.63, 3.8) is 0 Å². The molecule has 0 N–H and O–H groups in total. The quantitative estimate of drug-likeness (QED) is 0.671. The molecule has 0 spiro atoms. The van der Waals surface area contributed by atoms with E-state index in [-0.39, 0.29) is 5.78 Å². The van der Waals surface area contributed by atoms with Crippen LogP contribution in [0.1, 0.15) is 35.1 Å². The van der Waals surface area contributed by atoms with Crippen molar-refractivity contribution in [3.05, 3.63) is 65.5 Å². The van der Waals surface area contributed by atoms with Crippen molar-refractivity contribution in [2.45, 2.75) is 20.3 Å². The number of benzene rings is 1. The third-order valence-corrected chi connectivity index (χ3v) is 3.91. The number of rotatable bonds is 3. The van der Waals surface area contributed by atoms with Crippen LogP contribution in [0.25, 0.3) is 16.6 Å². The highest BCUT2D eigenvalue weighted by atomic mass is 16.1. The molecule has 0 bridgehead atoms. The summed E-state index contributed by atoms with van der Waals surface area (Å²) in [5.74, 6) is 0.0460. The molecule has 0 unspecified atom stereocenters. The van der Waals surface area contributed by atoms with E-state index in [2.05, 4.69) is 6.07 Å². The van der Waals surface area contributed by atoms with E-state index in [0.29, 0.717) is 17.7 Å². The molecule has 3 rings (SSSR count). The average molecular weight is 288 g/mol. The van der Waals surface area contributed by atoms with Crippen LogP contribution in [-0.4, -0.2) is 10.2 Å². The molecule has 0 aliphatic heterocycles. The van der Waals surface area contributed by atoms with Gasteiger partial charge in [0, 0.05) is 17.7 Å². The molecular weight excluding hydrogens is 272 g/mol. The Hall–Kier alpha value is -2.86. The van der Waals surface area contributed by atoms with Crippen molar-refractivity contribution in [1.82, 2.24) is 4.40 Å². The first kappa shape index (κ1) is 14.1. The Morgan fingerprint density at radius 1 is 1.14 bits per heavy atom. The molecule has 0 atom stereocenters. The monoisotopic (exact) mass is 288 g/mol. The summed E-state index contributed by atoms with van der Waals surface area (Å²) in [5.41, 5.74) is 4.55. The zero-order valence-corrected chi connectivity index (χ0v) is 12.6. The van der Waals surface area contributed by atoms with Gasteiger partial charge >= 0.3 is 0 Å². The fraction of sp³-hybridized carbons (Fsp3) is 0.158. The topological polar surface area (TPSA) is 45.3 Å². The van der Waals surface area contributed by atoms with Crippen LogP contribution in [0.3, 0.4) is 0 Å². The number of aryl methyl sites for hydroxylation is 1. The number of hydrogen-bond acceptors (Lipinski definition) is 2. The van der Waals surface area contributed by atoms with E-state index in [1.54, 1.807) is 0 Å². The lowest BCUT2D eigenvalue weighted by Crippen LogP contribution is -2.05. The molecule has 2 aromatic heterocycles. The second-order valence-corrected chi connectivity index (χ2v) is 5.24. The van der Waals surface area contributed by atoms with Crippen molar-refractivity contribution in [2.75, 3.05) is 0 Å². The number of ketones is 1. The molecule has 0 aliphatic rings. The molecule has 0 saturated heterocycles. The number of Topliss-reactive ketones (excluding diaryl/α,β-unsaturated/α-hetero) is 1. The van der Waals surface area contributed by atoms with Crippen LogP contribution >= 0.6 is 0 Å². The first-order valence-corrected chi connectivity index (χ1v) is 7.31. The lowest BCUT2D eigenvalue weighted by molar-refractivity contribution is 0.0983. The van der Waals surface area contributed by atoms with Crippen LogP contribution in [-0.2, 0) is 0 Å². The zero-order chi connectivity index (χ0) is 15.7. The van der Waals surface area contributed by atoms with Gasteiger partial charge in [-0.2, -0.15) is 5.26 Å². The second kappa shape index (κ2) is 5.50. The van der Waals surface area contributed by atoms with Crippen LogP contribution in [0.5, 0.6) is 0 Å². The summed E-state index contributed by atoms with van der Waals surface area (Å²) in [6, 6.07) is 17.7. The van der Waals surface area contributed by atoms with Gasteiger partial charge in [0.15, 0.2) is 5.78 Å². The highest BCUT2D eigenvalue weighted by Gasteiger charge is 2.24. The van der Waals surface area contributed by atoms with Gasteiger partial charge in [0.2, 0.25) is 0 Å². The van der Waals surface area contributed by atoms with Gasteiger partial charge in [-0.05, 0) is 24.6 Å². The number of pyridine rings is 1. The smallest absolute Gasteiger partial charge is 0.179 e. The molecule has 0 aliphatic carbocycles. The van der Waals surface area contributed by atoms with E-state index in [9.17, 15) is 10.1 Å². The van der Waals surface area contributed by atoms with Crippen LogP contribution in [0.2, 0.25) is 0 Å². The molecule has 0 saturated carbocycles. The Labute approximate surface area is 129 Å². The summed E-state index contributed by atoms with van der Waals surface area (Å²) < 4.78 is 1.91. The van der Waals surface area contributed by atoms with Crippen molar-refractivity contribution in [1.29, 1.82) is 5.26 Å². The summed E-state index contributed by atoms with van der Waals surface area (Å²) in [4.78, 5) is 12.6. The van der Waals surface area contributed by atoms with Crippen LogP contribution < -0.4 is 0 Å². The maximum atomic E-state index is 12.6. The van der Waals surface area contributed by atoms with E-state index < -0.39 is 0 Å². The van der Waals surface area contributed by atoms with Crippen LogP contribution in [0.4, 0.5) is 0 Å². The normalized spacial score (nSPS) is 10.6. The highest BCUT2D eigenvalue weighted by Crippen LogP contribution is 2.34. The maximum Gasteiger partial charge on any atom is 0.179 e. The molecule has 3 nitrogen and oxygen atoms in total. The van der Waals surface area contributed by atoms with Crippen molar-refractivity contribution >= 4 is 11.3 Å². The second-order valence-electron chi connectivity index (χ2n) is 5.24. The van der Waals surface area contributed by atoms with Crippen molar-refractivity contribution in [3.8, 4) is 17.2 Å². The predicted octanol–water partition coefficient (Wildman–Crippen LogP) is 4.38. The van der Waals surface area contributed by atoms with E-state index in [1.165, 1.54) is 0 Å². The molecule has 1 aromatic carbocycles. The molecule has 3 aromatic rings. The van der Waals surface area contributed by atoms with Crippen LogP contribution in [0.15, 0.2) is 48.5 Å². The molecule has 108 valence electrons. The van der Waals surface area contributed by atoms with Gasteiger partial charge in [-0.25, -0.2) is 0 Å². The van der Waals surface area contributed by atoms with Gasteiger partial charge in [-0.15, -0.1) is 0 Å². The fourth-order valence-corrected chi connectivity index (χ4v) is 2.90. The first-order chi connectivity index (χ1) is 10.7. The molecule has 22 heavy (non-hydrogen) atoms. The average Bonchev–Trinajstić information content (AvgIpc) is 2.90. The van der Waals surface area contributed by atoms with Crippen LogP contribution in [0, 0.1) is 18.3 Å². The first-order valence-electron chi connectivity index (χ1n) is 7.31. The maximum absolute atomic E-state index is 12.6. The Balaban J connectivity index is 2.52. The van der Waals surface area contributed by atoms with E-state index in [1.807, 2.05) is 66.8 Å². The lowest BCUT2D eigenvalue weighted by Gasteiger charge is -2.07. The molecule has 2 heterocycles. The number of nitriles is 1. The number of nitrogens with zero attached hydrogens (tertiary/aromatic N) is 2. The number of aromatic nitrogens is 1. The predicted molar refractivity (Wildman–Crippen MR) is 86.9 cm³/mol. The molecular formula is C19H16N2O. The summed E-state index contributed by atoms with van der Waals surface area (Å²) >= 11 is 0. The van der Waals surface area contributed by atoms with Gasteiger partial charge < -0.3 is 4.40 Å². The van der Waals surface area contributed by atoms with E-state index in [0.717, 1.165) is 22.3 Å².